The van der Waals surface area contributed by atoms with Crippen molar-refractivity contribution >= 4 is 0 Å². The zero-order valence-electron chi connectivity index (χ0n) is 11.2. The van der Waals surface area contributed by atoms with E-state index < -0.39 is 0 Å². The van der Waals surface area contributed by atoms with Gasteiger partial charge in [0.1, 0.15) is 0 Å². The maximum Gasteiger partial charge on any atom is 0.203 e. The Labute approximate surface area is 108 Å². The number of terminal acetylenes is 1. The average Bonchev–Trinajstić information content (AvgIpc) is 2.42. The summed E-state index contributed by atoms with van der Waals surface area (Å²) in [4.78, 5) is 0. The molecule has 1 atom stereocenters. The molecule has 0 aliphatic rings. The Morgan fingerprint density at radius 2 is 1.72 bits per heavy atom. The van der Waals surface area contributed by atoms with E-state index in [0.29, 0.717) is 23.8 Å². The van der Waals surface area contributed by atoms with Gasteiger partial charge in [-0.25, -0.2) is 0 Å². The minimum absolute atomic E-state index is 0.106. The van der Waals surface area contributed by atoms with Crippen LogP contribution in [0, 0.1) is 12.3 Å². The molecule has 1 N–H and O–H groups in total. The SMILES string of the molecule is C#CCNC(C)c1cc(OC)c(OC)c(OC)c1. The van der Waals surface area contributed by atoms with Crippen LogP contribution >= 0.6 is 0 Å². The van der Waals surface area contributed by atoms with Crippen LogP contribution in [-0.4, -0.2) is 27.9 Å². The van der Waals surface area contributed by atoms with Crippen molar-refractivity contribution < 1.29 is 14.2 Å². The largest absolute Gasteiger partial charge is 0.493 e. The maximum atomic E-state index is 5.30. The van der Waals surface area contributed by atoms with Gasteiger partial charge < -0.3 is 14.2 Å². The first-order valence-corrected chi connectivity index (χ1v) is 5.64. The third-order valence-electron chi connectivity index (χ3n) is 2.70. The second-order valence-corrected chi connectivity index (χ2v) is 3.77. The monoisotopic (exact) mass is 249 g/mol. The number of hydrogen-bond donors (Lipinski definition) is 1. The molecular weight excluding hydrogens is 230 g/mol. The van der Waals surface area contributed by atoms with Gasteiger partial charge in [0.2, 0.25) is 5.75 Å². The van der Waals surface area contributed by atoms with Crippen LogP contribution in [0.4, 0.5) is 0 Å². The Bertz CT molecular complexity index is 412. The molecule has 1 aromatic carbocycles. The lowest BCUT2D eigenvalue weighted by atomic mass is 10.1. The molecule has 0 amide bonds. The lowest BCUT2D eigenvalue weighted by molar-refractivity contribution is 0.323. The summed E-state index contributed by atoms with van der Waals surface area (Å²) < 4.78 is 15.9. The fourth-order valence-electron chi connectivity index (χ4n) is 1.68. The molecule has 4 nitrogen and oxygen atoms in total. The summed E-state index contributed by atoms with van der Waals surface area (Å²) in [6.07, 6.45) is 5.23. The number of nitrogens with one attached hydrogen (secondary N) is 1. The van der Waals surface area contributed by atoms with Gasteiger partial charge in [-0.2, -0.15) is 0 Å². The van der Waals surface area contributed by atoms with E-state index in [0.717, 1.165) is 5.56 Å². The van der Waals surface area contributed by atoms with E-state index in [-0.39, 0.29) is 6.04 Å². The highest BCUT2D eigenvalue weighted by Crippen LogP contribution is 2.39. The highest BCUT2D eigenvalue weighted by molar-refractivity contribution is 5.54. The molecule has 18 heavy (non-hydrogen) atoms. The third kappa shape index (κ3) is 3.08. The second kappa shape index (κ2) is 6.77. The molecule has 0 fully saturated rings. The number of benzene rings is 1. The molecule has 1 rings (SSSR count). The van der Waals surface area contributed by atoms with Crippen LogP contribution in [0.25, 0.3) is 0 Å². The van der Waals surface area contributed by atoms with Gasteiger partial charge in [0.05, 0.1) is 27.9 Å². The maximum absolute atomic E-state index is 5.30. The molecule has 98 valence electrons. The van der Waals surface area contributed by atoms with Crippen LogP contribution in [-0.2, 0) is 0 Å². The molecule has 0 saturated heterocycles. The van der Waals surface area contributed by atoms with Crippen LogP contribution in [0.2, 0.25) is 0 Å². The highest BCUT2D eigenvalue weighted by atomic mass is 16.5. The van der Waals surface area contributed by atoms with Crippen molar-refractivity contribution in [2.75, 3.05) is 27.9 Å². The van der Waals surface area contributed by atoms with Gasteiger partial charge in [-0.3, -0.25) is 5.32 Å². The highest BCUT2D eigenvalue weighted by Gasteiger charge is 2.15. The smallest absolute Gasteiger partial charge is 0.203 e. The van der Waals surface area contributed by atoms with E-state index in [2.05, 4.69) is 11.2 Å². The third-order valence-corrected chi connectivity index (χ3v) is 2.70. The molecule has 1 aromatic rings. The Hall–Kier alpha value is -1.86. The van der Waals surface area contributed by atoms with E-state index in [1.54, 1.807) is 21.3 Å². The summed E-state index contributed by atoms with van der Waals surface area (Å²) in [5.74, 6) is 4.42. The molecule has 0 aliphatic heterocycles. The average molecular weight is 249 g/mol. The van der Waals surface area contributed by atoms with Crippen molar-refractivity contribution in [1.29, 1.82) is 0 Å². The van der Waals surface area contributed by atoms with Gasteiger partial charge in [0.15, 0.2) is 11.5 Å². The number of ether oxygens (including phenoxy) is 3. The predicted octanol–water partition coefficient (Wildman–Crippen LogP) is 2.00. The Kier molecular flexibility index (Phi) is 5.34. The lowest BCUT2D eigenvalue weighted by Gasteiger charge is -2.17. The summed E-state index contributed by atoms with van der Waals surface area (Å²) in [5, 5.41) is 3.20. The molecule has 0 bridgehead atoms. The van der Waals surface area contributed by atoms with Gasteiger partial charge in [-0.1, -0.05) is 5.92 Å². The number of hydrogen-bond acceptors (Lipinski definition) is 4. The minimum Gasteiger partial charge on any atom is -0.493 e. The van der Waals surface area contributed by atoms with Crippen molar-refractivity contribution in [3.05, 3.63) is 17.7 Å². The molecule has 0 spiro atoms. The summed E-state index contributed by atoms with van der Waals surface area (Å²) >= 11 is 0. The molecule has 0 radical (unpaired) electrons. The fourth-order valence-corrected chi connectivity index (χ4v) is 1.68. The van der Waals surface area contributed by atoms with Crippen molar-refractivity contribution in [1.82, 2.24) is 5.32 Å². The first-order chi connectivity index (χ1) is 8.67. The van der Waals surface area contributed by atoms with E-state index in [4.69, 9.17) is 20.6 Å². The van der Waals surface area contributed by atoms with Crippen molar-refractivity contribution in [3.8, 4) is 29.6 Å². The van der Waals surface area contributed by atoms with Crippen LogP contribution in [0.1, 0.15) is 18.5 Å². The van der Waals surface area contributed by atoms with E-state index in [9.17, 15) is 0 Å². The standard InChI is InChI=1S/C14H19NO3/c1-6-7-15-10(2)11-8-12(16-3)14(18-5)13(9-11)17-4/h1,8-10,15H,7H2,2-5H3. The quantitative estimate of drug-likeness (QED) is 0.783. The minimum atomic E-state index is 0.106. The van der Waals surface area contributed by atoms with Crippen LogP contribution in [0.5, 0.6) is 17.2 Å². The van der Waals surface area contributed by atoms with E-state index in [1.807, 2.05) is 19.1 Å². The Balaban J connectivity index is 3.11. The van der Waals surface area contributed by atoms with Crippen molar-refractivity contribution in [2.45, 2.75) is 13.0 Å². The second-order valence-electron chi connectivity index (χ2n) is 3.77. The molecule has 0 saturated carbocycles. The molecule has 0 aromatic heterocycles. The van der Waals surface area contributed by atoms with Gasteiger partial charge in [0.25, 0.3) is 0 Å². The first kappa shape index (κ1) is 14.2. The molecule has 0 aliphatic carbocycles. The lowest BCUT2D eigenvalue weighted by Crippen LogP contribution is -2.18. The predicted molar refractivity (Wildman–Crippen MR) is 71.3 cm³/mol. The topological polar surface area (TPSA) is 39.7 Å². The molecule has 0 heterocycles. The van der Waals surface area contributed by atoms with Gasteiger partial charge in [-0.15, -0.1) is 6.42 Å². The van der Waals surface area contributed by atoms with E-state index in [1.165, 1.54) is 0 Å². The van der Waals surface area contributed by atoms with Crippen LogP contribution in [0.15, 0.2) is 12.1 Å². The fraction of sp³-hybridized carbons (Fsp3) is 0.429. The zero-order valence-corrected chi connectivity index (χ0v) is 11.2. The Morgan fingerprint density at radius 3 is 2.11 bits per heavy atom. The van der Waals surface area contributed by atoms with Crippen LogP contribution < -0.4 is 19.5 Å². The van der Waals surface area contributed by atoms with E-state index >= 15 is 0 Å². The van der Waals surface area contributed by atoms with Crippen LogP contribution in [0.3, 0.4) is 0 Å². The van der Waals surface area contributed by atoms with Gasteiger partial charge in [-0.05, 0) is 24.6 Å². The molecule has 4 heteroatoms. The first-order valence-electron chi connectivity index (χ1n) is 5.64. The van der Waals surface area contributed by atoms with Gasteiger partial charge in [0, 0.05) is 6.04 Å². The number of rotatable bonds is 6. The normalized spacial score (nSPS) is 11.5. The summed E-state index contributed by atoms with van der Waals surface area (Å²) in [7, 11) is 4.78. The Morgan fingerprint density at radius 1 is 1.17 bits per heavy atom. The summed E-state index contributed by atoms with van der Waals surface area (Å²) in [6.45, 7) is 2.54. The summed E-state index contributed by atoms with van der Waals surface area (Å²) in [5.41, 5.74) is 1.03. The summed E-state index contributed by atoms with van der Waals surface area (Å²) in [6, 6.07) is 3.93. The van der Waals surface area contributed by atoms with Gasteiger partial charge >= 0.3 is 0 Å². The molecule has 1 unspecified atom stereocenters. The van der Waals surface area contributed by atoms with Crippen molar-refractivity contribution in [2.24, 2.45) is 0 Å². The number of methoxy groups -OCH3 is 3. The zero-order chi connectivity index (χ0) is 13.5. The molecular formula is C14H19NO3. The van der Waals surface area contributed by atoms with Crippen molar-refractivity contribution in [3.63, 3.8) is 0 Å².